The van der Waals surface area contributed by atoms with Crippen molar-refractivity contribution in [3.8, 4) is 46.0 Å². The summed E-state index contributed by atoms with van der Waals surface area (Å²) in [6.07, 6.45) is 3.88. The van der Waals surface area contributed by atoms with E-state index < -0.39 is 36.0 Å². The highest BCUT2D eigenvalue weighted by Crippen LogP contribution is 2.53. The van der Waals surface area contributed by atoms with Crippen LogP contribution in [0.5, 0.6) is 46.0 Å². The fourth-order valence-electron chi connectivity index (χ4n) is 5.99. The summed E-state index contributed by atoms with van der Waals surface area (Å²) in [5.41, 5.74) is 2.32. The third-order valence-corrected chi connectivity index (χ3v) is 8.73. The van der Waals surface area contributed by atoms with Crippen LogP contribution in [0.25, 0.3) is 12.2 Å². The lowest BCUT2D eigenvalue weighted by Gasteiger charge is -2.24. The lowest BCUT2D eigenvalue weighted by molar-refractivity contribution is -0.143. The molecule has 4 aromatic rings. The summed E-state index contributed by atoms with van der Waals surface area (Å²) in [5.74, 6) is -2.55. The van der Waals surface area contributed by atoms with Gasteiger partial charge in [-0.25, -0.2) is 9.59 Å². The summed E-state index contributed by atoms with van der Waals surface area (Å²) < 4.78 is 39.9. The normalized spacial score (nSPS) is 18.2. The van der Waals surface area contributed by atoms with E-state index in [0.717, 1.165) is 0 Å². The van der Waals surface area contributed by atoms with Gasteiger partial charge in [0, 0.05) is 24.0 Å². The Hall–Kier alpha value is -6.34. The number of rotatable bonds is 14. The summed E-state index contributed by atoms with van der Waals surface area (Å²) in [6.45, 7) is -0.410. The number of ether oxygens (including phenoxy) is 7. The number of phenolic OH excluding ortho intramolecular Hbond substituents is 4. The molecule has 4 atom stereocenters. The molecule has 0 amide bonds. The molecule has 278 valence electrons. The maximum atomic E-state index is 13.1. The van der Waals surface area contributed by atoms with E-state index in [9.17, 15) is 30.0 Å². The average Bonchev–Trinajstić information content (AvgIpc) is 3.54. The van der Waals surface area contributed by atoms with Crippen molar-refractivity contribution in [1.29, 1.82) is 0 Å². The minimum absolute atomic E-state index is 0.0838. The number of aromatic hydroxyl groups is 4. The Morgan fingerprint density at radius 1 is 0.566 bits per heavy atom. The van der Waals surface area contributed by atoms with Crippen molar-refractivity contribution in [2.45, 2.75) is 12.2 Å². The maximum absolute atomic E-state index is 13.1. The maximum Gasteiger partial charge on any atom is 0.330 e. The van der Waals surface area contributed by atoms with Crippen LogP contribution in [-0.4, -0.2) is 74.0 Å². The molecule has 1 heterocycles. The number of benzene rings is 4. The van der Waals surface area contributed by atoms with Crippen molar-refractivity contribution < 1.29 is 63.2 Å². The number of methoxy groups -OCH3 is 4. The van der Waals surface area contributed by atoms with Crippen LogP contribution in [0.1, 0.15) is 34.5 Å². The zero-order chi connectivity index (χ0) is 38.1. The van der Waals surface area contributed by atoms with Crippen LogP contribution in [-0.2, 0) is 23.8 Å². The van der Waals surface area contributed by atoms with Crippen LogP contribution in [0.4, 0.5) is 0 Å². The predicted molar refractivity (Wildman–Crippen MR) is 192 cm³/mol. The second-order valence-corrected chi connectivity index (χ2v) is 12.0. The molecule has 1 aliphatic heterocycles. The summed E-state index contributed by atoms with van der Waals surface area (Å²) in [6, 6.07) is 18.8. The molecule has 13 nitrogen and oxygen atoms in total. The monoisotopic (exact) mass is 728 g/mol. The molecule has 1 fully saturated rings. The van der Waals surface area contributed by atoms with Gasteiger partial charge in [0.2, 0.25) is 11.5 Å². The lowest BCUT2D eigenvalue weighted by Crippen LogP contribution is -2.27. The molecule has 4 N–H and O–H groups in total. The van der Waals surface area contributed by atoms with Gasteiger partial charge in [-0.05, 0) is 82.9 Å². The molecule has 4 aromatic carbocycles. The van der Waals surface area contributed by atoms with E-state index in [-0.39, 0.29) is 59.2 Å². The second-order valence-electron chi connectivity index (χ2n) is 12.0. The van der Waals surface area contributed by atoms with E-state index in [1.165, 1.54) is 77.0 Å². The third-order valence-electron chi connectivity index (χ3n) is 8.73. The van der Waals surface area contributed by atoms with E-state index in [2.05, 4.69) is 0 Å². The van der Waals surface area contributed by atoms with Gasteiger partial charge in [-0.15, -0.1) is 0 Å². The Morgan fingerprint density at radius 3 is 1.19 bits per heavy atom. The summed E-state index contributed by atoms with van der Waals surface area (Å²) in [5, 5.41) is 40.5. The number of hydrogen-bond acceptors (Lipinski definition) is 13. The third kappa shape index (κ3) is 9.13. The quantitative estimate of drug-likeness (QED) is 0.0865. The van der Waals surface area contributed by atoms with E-state index in [4.69, 9.17) is 33.2 Å². The van der Waals surface area contributed by atoms with Gasteiger partial charge < -0.3 is 53.6 Å². The molecular formula is C40H40O13. The summed E-state index contributed by atoms with van der Waals surface area (Å²) >= 11 is 0. The highest BCUT2D eigenvalue weighted by molar-refractivity contribution is 5.87. The highest BCUT2D eigenvalue weighted by Gasteiger charge is 2.48. The molecule has 1 saturated heterocycles. The number of carbonyl (C=O) groups is 2. The van der Waals surface area contributed by atoms with Crippen molar-refractivity contribution in [3.63, 3.8) is 0 Å². The zero-order valence-electron chi connectivity index (χ0n) is 29.4. The Kier molecular flexibility index (Phi) is 12.3. The fraction of sp³-hybridized carbons (Fsp3) is 0.250. The molecule has 13 heteroatoms. The molecule has 0 spiro atoms. The molecule has 0 aromatic heterocycles. The molecule has 0 radical (unpaired) electrons. The van der Waals surface area contributed by atoms with Crippen LogP contribution in [0.15, 0.2) is 84.9 Å². The first kappa shape index (κ1) is 37.9. The average molecular weight is 729 g/mol. The van der Waals surface area contributed by atoms with Gasteiger partial charge in [0.05, 0.1) is 53.9 Å². The molecule has 0 saturated carbocycles. The van der Waals surface area contributed by atoms with Crippen molar-refractivity contribution >= 4 is 24.1 Å². The van der Waals surface area contributed by atoms with Crippen molar-refractivity contribution in [2.24, 2.45) is 11.8 Å². The Labute approximate surface area is 305 Å². The van der Waals surface area contributed by atoms with Gasteiger partial charge in [-0.1, -0.05) is 24.3 Å². The van der Waals surface area contributed by atoms with Gasteiger partial charge in [0.1, 0.15) is 11.5 Å². The first-order valence-electron chi connectivity index (χ1n) is 16.4. The van der Waals surface area contributed by atoms with Crippen molar-refractivity contribution in [1.82, 2.24) is 0 Å². The lowest BCUT2D eigenvalue weighted by atomic mass is 9.83. The molecule has 0 aliphatic carbocycles. The summed E-state index contributed by atoms with van der Waals surface area (Å²) in [7, 11) is 5.55. The van der Waals surface area contributed by atoms with Crippen LogP contribution in [0.2, 0.25) is 0 Å². The number of carbonyl (C=O) groups excluding carboxylic acids is 2. The molecule has 1 aliphatic rings. The zero-order valence-corrected chi connectivity index (χ0v) is 29.4. The minimum Gasteiger partial charge on any atom is -0.508 e. The van der Waals surface area contributed by atoms with E-state index >= 15 is 0 Å². The van der Waals surface area contributed by atoms with Gasteiger partial charge >= 0.3 is 11.9 Å². The molecular weight excluding hydrogens is 688 g/mol. The van der Waals surface area contributed by atoms with Crippen LogP contribution in [0, 0.1) is 11.8 Å². The standard InChI is InChI=1S/C40H40O13/c1-47-31-17-25(18-32(48-2)37(31)45)39-29(21-51-35(43)15-9-23-5-11-27(41)12-6-23)30(22-52-36(44)16-10-24-7-13-28(42)14-8-24)40(53-39)26-19-33(49-3)38(46)34(20-26)50-4/h5-20,29-30,39-42,45-46H,21-22H2,1-4H3/b15-9+,16-10+/t29-,30-,39+,40+/m0/s1. The van der Waals surface area contributed by atoms with Crippen LogP contribution >= 0.6 is 0 Å². The van der Waals surface area contributed by atoms with E-state index in [0.29, 0.717) is 22.3 Å². The molecule has 5 rings (SSSR count). The smallest absolute Gasteiger partial charge is 0.330 e. The SMILES string of the molecule is COc1cc([C@H]2O[C@H](c3cc(OC)c(O)c(OC)c3)[C@@H](COC(=O)/C=C/c3ccc(O)cc3)[C@@H]2COC(=O)/C=C/c2ccc(O)cc2)cc(OC)c1O. The Bertz CT molecular complexity index is 1760. The predicted octanol–water partition coefficient (Wildman–Crippen LogP) is 6.10. The van der Waals surface area contributed by atoms with E-state index in [1.54, 1.807) is 48.5 Å². The second kappa shape index (κ2) is 17.2. The Morgan fingerprint density at radius 2 is 0.887 bits per heavy atom. The molecule has 0 unspecified atom stereocenters. The topological polar surface area (TPSA) is 180 Å². The highest BCUT2D eigenvalue weighted by atomic mass is 16.6. The van der Waals surface area contributed by atoms with Gasteiger partial charge in [-0.3, -0.25) is 0 Å². The van der Waals surface area contributed by atoms with E-state index in [1.807, 2.05) is 0 Å². The largest absolute Gasteiger partial charge is 0.508 e. The number of esters is 2. The van der Waals surface area contributed by atoms with Gasteiger partial charge in [0.15, 0.2) is 23.0 Å². The molecule has 0 bridgehead atoms. The first-order valence-corrected chi connectivity index (χ1v) is 16.4. The van der Waals surface area contributed by atoms with Crippen LogP contribution < -0.4 is 18.9 Å². The van der Waals surface area contributed by atoms with Gasteiger partial charge in [0.25, 0.3) is 0 Å². The summed E-state index contributed by atoms with van der Waals surface area (Å²) in [4.78, 5) is 26.1. The van der Waals surface area contributed by atoms with Crippen molar-refractivity contribution in [3.05, 3.63) is 107 Å². The number of phenols is 4. The van der Waals surface area contributed by atoms with Gasteiger partial charge in [-0.2, -0.15) is 0 Å². The minimum atomic E-state index is -0.848. The first-order chi connectivity index (χ1) is 25.5. The molecule has 53 heavy (non-hydrogen) atoms. The Balaban J connectivity index is 1.53. The van der Waals surface area contributed by atoms with Crippen molar-refractivity contribution in [2.75, 3.05) is 41.7 Å². The fourth-order valence-corrected chi connectivity index (χ4v) is 5.99. The number of hydrogen-bond donors (Lipinski definition) is 4. The van der Waals surface area contributed by atoms with Crippen LogP contribution in [0.3, 0.4) is 0 Å².